The van der Waals surface area contributed by atoms with Gasteiger partial charge in [0.1, 0.15) is 0 Å². The maximum absolute atomic E-state index is 11.9. The molecule has 0 aliphatic heterocycles. The topological polar surface area (TPSA) is 95.5 Å². The molecule has 2 amide bonds. The quantitative estimate of drug-likeness (QED) is 0.636. The SMILES string of the molecule is C=CCNC(=O)c1ccccc1NC(=O)CCCC(=O)O. The number of carbonyl (C=O) groups is 3. The smallest absolute Gasteiger partial charge is 0.303 e. The van der Waals surface area contributed by atoms with Gasteiger partial charge in [-0.05, 0) is 18.6 Å². The van der Waals surface area contributed by atoms with Crippen LogP contribution < -0.4 is 10.6 Å². The average molecular weight is 290 g/mol. The number of hydrogen-bond acceptors (Lipinski definition) is 3. The Morgan fingerprint density at radius 3 is 2.57 bits per heavy atom. The first-order valence-corrected chi connectivity index (χ1v) is 6.54. The van der Waals surface area contributed by atoms with E-state index in [1.54, 1.807) is 30.3 Å². The highest BCUT2D eigenvalue weighted by atomic mass is 16.4. The van der Waals surface area contributed by atoms with Crippen molar-refractivity contribution in [2.45, 2.75) is 19.3 Å². The molecule has 0 radical (unpaired) electrons. The fourth-order valence-electron chi connectivity index (χ4n) is 1.66. The molecule has 3 N–H and O–H groups in total. The number of carboxylic acids is 1. The molecule has 6 nitrogen and oxygen atoms in total. The van der Waals surface area contributed by atoms with Crippen molar-refractivity contribution in [3.05, 3.63) is 42.5 Å². The van der Waals surface area contributed by atoms with Gasteiger partial charge in [-0.2, -0.15) is 0 Å². The van der Waals surface area contributed by atoms with E-state index in [4.69, 9.17) is 5.11 Å². The van der Waals surface area contributed by atoms with E-state index in [-0.39, 0.29) is 31.1 Å². The van der Waals surface area contributed by atoms with Crippen molar-refractivity contribution in [2.75, 3.05) is 11.9 Å². The van der Waals surface area contributed by atoms with E-state index < -0.39 is 5.97 Å². The summed E-state index contributed by atoms with van der Waals surface area (Å²) in [6.07, 6.45) is 1.85. The number of aliphatic carboxylic acids is 1. The Kier molecular flexibility index (Phi) is 6.67. The largest absolute Gasteiger partial charge is 0.481 e. The highest BCUT2D eigenvalue weighted by Gasteiger charge is 2.12. The van der Waals surface area contributed by atoms with Crippen LogP contribution in [0.1, 0.15) is 29.6 Å². The zero-order chi connectivity index (χ0) is 15.7. The Labute approximate surface area is 122 Å². The highest BCUT2D eigenvalue weighted by Crippen LogP contribution is 2.15. The molecule has 1 aromatic rings. The normalized spacial score (nSPS) is 9.71. The molecule has 112 valence electrons. The summed E-state index contributed by atoms with van der Waals surface area (Å²) in [6.45, 7) is 3.85. The number of rotatable bonds is 8. The number of para-hydroxylation sites is 1. The molecule has 0 bridgehead atoms. The maximum Gasteiger partial charge on any atom is 0.303 e. The van der Waals surface area contributed by atoms with Gasteiger partial charge >= 0.3 is 5.97 Å². The third-order valence-corrected chi connectivity index (χ3v) is 2.65. The summed E-state index contributed by atoms with van der Waals surface area (Å²) in [6, 6.07) is 6.63. The van der Waals surface area contributed by atoms with Gasteiger partial charge < -0.3 is 15.7 Å². The van der Waals surface area contributed by atoms with Gasteiger partial charge in [0.15, 0.2) is 0 Å². The predicted octanol–water partition coefficient (Wildman–Crippen LogP) is 1.80. The summed E-state index contributed by atoms with van der Waals surface area (Å²) in [5, 5.41) is 13.8. The van der Waals surface area contributed by atoms with Crippen molar-refractivity contribution in [1.82, 2.24) is 5.32 Å². The number of benzene rings is 1. The zero-order valence-electron chi connectivity index (χ0n) is 11.6. The van der Waals surface area contributed by atoms with Crippen LogP contribution in [-0.4, -0.2) is 29.4 Å². The van der Waals surface area contributed by atoms with Crippen LogP contribution in [0.25, 0.3) is 0 Å². The van der Waals surface area contributed by atoms with E-state index >= 15 is 0 Å². The zero-order valence-corrected chi connectivity index (χ0v) is 11.6. The molecule has 1 aromatic carbocycles. The number of carbonyl (C=O) groups excluding carboxylic acids is 2. The second kappa shape index (κ2) is 8.52. The van der Waals surface area contributed by atoms with Gasteiger partial charge in [0.25, 0.3) is 5.91 Å². The summed E-state index contributed by atoms with van der Waals surface area (Å²) in [5.41, 5.74) is 0.755. The maximum atomic E-state index is 11.9. The van der Waals surface area contributed by atoms with Crippen LogP contribution in [0.3, 0.4) is 0 Å². The van der Waals surface area contributed by atoms with E-state index in [9.17, 15) is 14.4 Å². The lowest BCUT2D eigenvalue weighted by atomic mass is 10.1. The number of anilines is 1. The summed E-state index contributed by atoms with van der Waals surface area (Å²) >= 11 is 0. The van der Waals surface area contributed by atoms with Gasteiger partial charge in [-0.25, -0.2) is 0 Å². The van der Waals surface area contributed by atoms with Gasteiger partial charge in [-0.3, -0.25) is 14.4 Å². The second-order valence-electron chi connectivity index (χ2n) is 4.34. The van der Waals surface area contributed by atoms with Crippen LogP contribution in [0, 0.1) is 0 Å². The van der Waals surface area contributed by atoms with Crippen molar-refractivity contribution in [1.29, 1.82) is 0 Å². The third kappa shape index (κ3) is 5.90. The van der Waals surface area contributed by atoms with Crippen molar-refractivity contribution in [3.8, 4) is 0 Å². The summed E-state index contributed by atoms with van der Waals surface area (Å²) in [7, 11) is 0. The van der Waals surface area contributed by atoms with E-state index in [2.05, 4.69) is 17.2 Å². The van der Waals surface area contributed by atoms with Gasteiger partial charge in [0.2, 0.25) is 5.91 Å². The summed E-state index contributed by atoms with van der Waals surface area (Å²) in [4.78, 5) is 34.0. The van der Waals surface area contributed by atoms with E-state index in [0.29, 0.717) is 17.8 Å². The minimum absolute atomic E-state index is 0.0606. The lowest BCUT2D eigenvalue weighted by molar-refractivity contribution is -0.137. The minimum Gasteiger partial charge on any atom is -0.481 e. The average Bonchev–Trinajstić information content (AvgIpc) is 2.45. The molecule has 0 atom stereocenters. The van der Waals surface area contributed by atoms with E-state index in [1.165, 1.54) is 0 Å². The minimum atomic E-state index is -0.938. The van der Waals surface area contributed by atoms with E-state index in [0.717, 1.165) is 0 Å². The fourth-order valence-corrected chi connectivity index (χ4v) is 1.66. The molecular weight excluding hydrogens is 272 g/mol. The van der Waals surface area contributed by atoms with Gasteiger partial charge in [0, 0.05) is 19.4 Å². The van der Waals surface area contributed by atoms with Crippen molar-refractivity contribution >= 4 is 23.5 Å². The molecule has 21 heavy (non-hydrogen) atoms. The molecule has 0 spiro atoms. The molecular formula is C15H18N2O4. The van der Waals surface area contributed by atoms with Crippen LogP contribution in [-0.2, 0) is 9.59 Å². The number of amides is 2. The van der Waals surface area contributed by atoms with Gasteiger partial charge in [-0.1, -0.05) is 18.2 Å². The Bertz CT molecular complexity index is 540. The number of nitrogens with one attached hydrogen (secondary N) is 2. The van der Waals surface area contributed by atoms with Crippen molar-refractivity contribution in [2.24, 2.45) is 0 Å². The molecule has 0 aromatic heterocycles. The first-order chi connectivity index (χ1) is 10.0. The van der Waals surface area contributed by atoms with Crippen molar-refractivity contribution < 1.29 is 19.5 Å². The lowest BCUT2D eigenvalue weighted by Crippen LogP contribution is -2.25. The standard InChI is InChI=1S/C15H18N2O4/c1-2-10-16-15(21)11-6-3-4-7-12(11)17-13(18)8-5-9-14(19)20/h2-4,6-7H,1,5,8-10H2,(H,16,21)(H,17,18)(H,19,20). The molecule has 0 saturated heterocycles. The second-order valence-corrected chi connectivity index (χ2v) is 4.34. The first-order valence-electron chi connectivity index (χ1n) is 6.54. The Morgan fingerprint density at radius 2 is 1.90 bits per heavy atom. The molecule has 0 aliphatic carbocycles. The van der Waals surface area contributed by atoms with Crippen LogP contribution in [0.2, 0.25) is 0 Å². The van der Waals surface area contributed by atoms with E-state index in [1.807, 2.05) is 0 Å². The highest BCUT2D eigenvalue weighted by molar-refractivity contribution is 6.03. The predicted molar refractivity (Wildman–Crippen MR) is 79.1 cm³/mol. The van der Waals surface area contributed by atoms with Crippen LogP contribution in [0.4, 0.5) is 5.69 Å². The van der Waals surface area contributed by atoms with Gasteiger partial charge in [-0.15, -0.1) is 6.58 Å². The molecule has 0 fully saturated rings. The summed E-state index contributed by atoms with van der Waals surface area (Å²) < 4.78 is 0. The Hall–Kier alpha value is -2.63. The first kappa shape index (κ1) is 16.4. The fraction of sp³-hybridized carbons (Fsp3) is 0.267. The van der Waals surface area contributed by atoms with Crippen LogP contribution >= 0.6 is 0 Å². The summed E-state index contributed by atoms with van der Waals surface area (Å²) in [5.74, 6) is -1.57. The molecule has 0 aliphatic rings. The van der Waals surface area contributed by atoms with Gasteiger partial charge in [0.05, 0.1) is 11.3 Å². The molecule has 0 unspecified atom stereocenters. The Balaban J connectivity index is 2.65. The monoisotopic (exact) mass is 290 g/mol. The van der Waals surface area contributed by atoms with Crippen LogP contribution in [0.15, 0.2) is 36.9 Å². The van der Waals surface area contributed by atoms with Crippen LogP contribution in [0.5, 0.6) is 0 Å². The number of hydrogen-bond donors (Lipinski definition) is 3. The molecule has 0 saturated carbocycles. The molecule has 6 heteroatoms. The number of carboxylic acid groups (broad SMARTS) is 1. The third-order valence-electron chi connectivity index (χ3n) is 2.65. The Morgan fingerprint density at radius 1 is 1.19 bits per heavy atom. The molecule has 0 heterocycles. The molecule has 1 rings (SSSR count). The van der Waals surface area contributed by atoms with Crippen molar-refractivity contribution in [3.63, 3.8) is 0 Å². The lowest BCUT2D eigenvalue weighted by Gasteiger charge is -2.10.